The highest BCUT2D eigenvalue weighted by molar-refractivity contribution is 5.64. The molecule has 6 heteroatoms. The van der Waals surface area contributed by atoms with Crippen LogP contribution in [0, 0.1) is 0 Å². The SMILES string of the molecule is CCCCNc1cc(-c2ccccc2)nc(N2CCC3(CC2)OCCO3)n1. The summed E-state index contributed by atoms with van der Waals surface area (Å²) in [6.07, 6.45) is 3.99. The van der Waals surface area contributed by atoms with E-state index in [4.69, 9.17) is 19.4 Å². The number of hydrogen-bond acceptors (Lipinski definition) is 6. The third-order valence-electron chi connectivity index (χ3n) is 5.24. The Morgan fingerprint density at radius 2 is 1.81 bits per heavy atom. The summed E-state index contributed by atoms with van der Waals surface area (Å²) in [6.45, 7) is 6.20. The fraction of sp³-hybridized carbons (Fsp3) is 0.524. The summed E-state index contributed by atoms with van der Waals surface area (Å²) in [5.74, 6) is 1.29. The summed E-state index contributed by atoms with van der Waals surface area (Å²) in [6, 6.07) is 12.3. The predicted octanol–water partition coefficient (Wildman–Crippen LogP) is 3.70. The summed E-state index contributed by atoms with van der Waals surface area (Å²) in [5, 5.41) is 3.46. The van der Waals surface area contributed by atoms with E-state index in [1.54, 1.807) is 0 Å². The Morgan fingerprint density at radius 3 is 2.52 bits per heavy atom. The first-order valence-electron chi connectivity index (χ1n) is 9.99. The molecule has 2 saturated heterocycles. The number of ether oxygens (including phenoxy) is 2. The molecular formula is C21H28N4O2. The maximum absolute atomic E-state index is 5.85. The van der Waals surface area contributed by atoms with Gasteiger partial charge >= 0.3 is 0 Å². The van der Waals surface area contributed by atoms with E-state index in [1.165, 1.54) is 0 Å². The molecule has 1 aromatic carbocycles. The molecule has 144 valence electrons. The lowest BCUT2D eigenvalue weighted by Crippen LogP contribution is -2.45. The van der Waals surface area contributed by atoms with Gasteiger partial charge in [0.25, 0.3) is 0 Å². The summed E-state index contributed by atoms with van der Waals surface area (Å²) in [4.78, 5) is 11.9. The molecule has 2 aromatic rings. The summed E-state index contributed by atoms with van der Waals surface area (Å²) >= 11 is 0. The molecule has 1 N–H and O–H groups in total. The minimum atomic E-state index is -0.379. The van der Waals surface area contributed by atoms with Crippen LogP contribution in [-0.4, -0.2) is 48.6 Å². The number of hydrogen-bond donors (Lipinski definition) is 1. The van der Waals surface area contributed by atoms with E-state index in [1.807, 2.05) is 24.3 Å². The first kappa shape index (κ1) is 18.2. The molecular weight excluding hydrogens is 340 g/mol. The number of benzene rings is 1. The van der Waals surface area contributed by atoms with Crippen molar-refractivity contribution in [3.8, 4) is 11.3 Å². The maximum Gasteiger partial charge on any atom is 0.227 e. The van der Waals surface area contributed by atoms with Crippen molar-refractivity contribution in [1.29, 1.82) is 0 Å². The van der Waals surface area contributed by atoms with E-state index in [-0.39, 0.29) is 5.79 Å². The van der Waals surface area contributed by atoms with E-state index >= 15 is 0 Å². The molecule has 3 heterocycles. The number of anilines is 2. The molecule has 1 aromatic heterocycles. The Hall–Kier alpha value is -2.18. The largest absolute Gasteiger partial charge is 0.370 e. The van der Waals surface area contributed by atoms with Gasteiger partial charge in [0.2, 0.25) is 5.95 Å². The van der Waals surface area contributed by atoms with Crippen LogP contribution in [-0.2, 0) is 9.47 Å². The van der Waals surface area contributed by atoms with Gasteiger partial charge in [-0.15, -0.1) is 0 Å². The number of rotatable bonds is 6. The van der Waals surface area contributed by atoms with Crippen molar-refractivity contribution in [2.75, 3.05) is 43.1 Å². The van der Waals surface area contributed by atoms with Crippen molar-refractivity contribution in [2.24, 2.45) is 0 Å². The van der Waals surface area contributed by atoms with Gasteiger partial charge in [0.05, 0.1) is 18.9 Å². The highest BCUT2D eigenvalue weighted by Gasteiger charge is 2.40. The van der Waals surface area contributed by atoms with Crippen LogP contribution >= 0.6 is 0 Å². The Balaban J connectivity index is 1.56. The number of piperidine rings is 1. The van der Waals surface area contributed by atoms with Crippen molar-refractivity contribution < 1.29 is 9.47 Å². The van der Waals surface area contributed by atoms with Gasteiger partial charge in [-0.25, -0.2) is 4.98 Å². The molecule has 4 rings (SSSR count). The molecule has 27 heavy (non-hydrogen) atoms. The highest BCUT2D eigenvalue weighted by atomic mass is 16.7. The van der Waals surface area contributed by atoms with Crippen LogP contribution in [0.1, 0.15) is 32.6 Å². The topological polar surface area (TPSA) is 59.5 Å². The maximum atomic E-state index is 5.85. The van der Waals surface area contributed by atoms with Crippen molar-refractivity contribution >= 4 is 11.8 Å². The molecule has 0 aliphatic carbocycles. The van der Waals surface area contributed by atoms with E-state index in [2.05, 4.69) is 29.3 Å². The number of unbranched alkanes of at least 4 members (excludes halogenated alkanes) is 1. The smallest absolute Gasteiger partial charge is 0.227 e. The quantitative estimate of drug-likeness (QED) is 0.785. The fourth-order valence-electron chi connectivity index (χ4n) is 3.65. The van der Waals surface area contributed by atoms with Gasteiger partial charge in [-0.3, -0.25) is 0 Å². The highest BCUT2D eigenvalue weighted by Crippen LogP contribution is 2.33. The second-order valence-corrected chi connectivity index (χ2v) is 7.18. The zero-order chi connectivity index (χ0) is 18.5. The van der Waals surface area contributed by atoms with Crippen LogP contribution in [0.15, 0.2) is 36.4 Å². The molecule has 1 spiro atoms. The van der Waals surface area contributed by atoms with E-state index in [9.17, 15) is 0 Å². The monoisotopic (exact) mass is 368 g/mol. The van der Waals surface area contributed by atoms with Gasteiger partial charge in [-0.2, -0.15) is 4.98 Å². The van der Waals surface area contributed by atoms with Gasteiger partial charge in [0.15, 0.2) is 5.79 Å². The number of aromatic nitrogens is 2. The second-order valence-electron chi connectivity index (χ2n) is 7.18. The number of nitrogens with zero attached hydrogens (tertiary/aromatic N) is 3. The predicted molar refractivity (Wildman–Crippen MR) is 107 cm³/mol. The van der Waals surface area contributed by atoms with E-state index in [0.29, 0.717) is 13.2 Å². The van der Waals surface area contributed by atoms with Crippen molar-refractivity contribution in [2.45, 2.75) is 38.4 Å². The van der Waals surface area contributed by atoms with Crippen molar-refractivity contribution in [3.63, 3.8) is 0 Å². The Bertz CT molecular complexity index is 737. The van der Waals surface area contributed by atoms with E-state index in [0.717, 1.165) is 68.3 Å². The van der Waals surface area contributed by atoms with Crippen LogP contribution < -0.4 is 10.2 Å². The molecule has 2 aliphatic rings. The van der Waals surface area contributed by atoms with Crippen LogP contribution in [0.3, 0.4) is 0 Å². The minimum absolute atomic E-state index is 0.379. The Morgan fingerprint density at radius 1 is 1.07 bits per heavy atom. The van der Waals surface area contributed by atoms with Crippen LogP contribution in [0.4, 0.5) is 11.8 Å². The third-order valence-corrected chi connectivity index (χ3v) is 5.24. The van der Waals surface area contributed by atoms with Crippen LogP contribution in [0.5, 0.6) is 0 Å². The average molecular weight is 368 g/mol. The minimum Gasteiger partial charge on any atom is -0.370 e. The van der Waals surface area contributed by atoms with Gasteiger partial charge < -0.3 is 19.7 Å². The average Bonchev–Trinajstić information content (AvgIpc) is 3.17. The summed E-state index contributed by atoms with van der Waals surface area (Å²) in [5.41, 5.74) is 2.06. The van der Waals surface area contributed by atoms with E-state index < -0.39 is 0 Å². The van der Waals surface area contributed by atoms with Gasteiger partial charge in [-0.1, -0.05) is 43.7 Å². The van der Waals surface area contributed by atoms with Gasteiger partial charge in [0.1, 0.15) is 5.82 Å². The first-order valence-corrected chi connectivity index (χ1v) is 9.99. The molecule has 2 aliphatic heterocycles. The molecule has 0 unspecified atom stereocenters. The molecule has 0 radical (unpaired) electrons. The van der Waals surface area contributed by atoms with Crippen LogP contribution in [0.2, 0.25) is 0 Å². The van der Waals surface area contributed by atoms with Crippen molar-refractivity contribution in [1.82, 2.24) is 9.97 Å². The first-order chi connectivity index (χ1) is 13.3. The molecule has 0 atom stereocenters. The third kappa shape index (κ3) is 4.22. The zero-order valence-electron chi connectivity index (χ0n) is 16.0. The molecule has 6 nitrogen and oxygen atoms in total. The van der Waals surface area contributed by atoms with Gasteiger partial charge in [0, 0.05) is 44.1 Å². The Kier molecular flexibility index (Phi) is 5.55. The lowest BCUT2D eigenvalue weighted by Gasteiger charge is -2.37. The fourth-order valence-corrected chi connectivity index (χ4v) is 3.65. The Labute approximate surface area is 160 Å². The van der Waals surface area contributed by atoms with Gasteiger partial charge in [-0.05, 0) is 6.42 Å². The summed E-state index contributed by atoms with van der Waals surface area (Å²) < 4.78 is 11.7. The molecule has 0 bridgehead atoms. The van der Waals surface area contributed by atoms with Crippen LogP contribution in [0.25, 0.3) is 11.3 Å². The molecule has 2 fully saturated rings. The second kappa shape index (κ2) is 8.23. The molecule has 0 amide bonds. The summed E-state index contributed by atoms with van der Waals surface area (Å²) in [7, 11) is 0. The standard InChI is InChI=1S/C21H28N4O2/c1-2-3-11-22-19-16-18(17-7-5-4-6-8-17)23-20(24-19)25-12-9-21(10-13-25)26-14-15-27-21/h4-8,16H,2-3,9-15H2,1H3,(H,22,23,24). The number of nitrogens with one attached hydrogen (secondary N) is 1. The zero-order valence-corrected chi connectivity index (χ0v) is 16.0. The normalized spacial score (nSPS) is 18.8. The van der Waals surface area contributed by atoms with Crippen molar-refractivity contribution in [3.05, 3.63) is 36.4 Å². The lowest BCUT2D eigenvalue weighted by molar-refractivity contribution is -0.169. The lowest BCUT2D eigenvalue weighted by atomic mass is 10.0. The molecule has 0 saturated carbocycles.